The third kappa shape index (κ3) is 33.1. The Bertz CT molecular complexity index is 1090. The second kappa shape index (κ2) is 41.9. The molecule has 0 saturated carbocycles. The zero-order chi connectivity index (χ0) is 44.4. The fourth-order valence-corrected chi connectivity index (χ4v) is 7.51. The molecule has 0 aromatic rings. The number of hydrogen-bond acceptors (Lipinski definition) is 10. The zero-order valence-electron chi connectivity index (χ0n) is 38.9. The Balaban J connectivity index is 2.28. The molecule has 1 aliphatic heterocycles. The van der Waals surface area contributed by atoms with Gasteiger partial charge in [0, 0.05) is 12.8 Å². The zero-order valence-corrected chi connectivity index (χ0v) is 38.9. The number of allylic oxidation sites excluding steroid dienone is 6. The summed E-state index contributed by atoms with van der Waals surface area (Å²) >= 11 is 0. The van der Waals surface area contributed by atoms with Gasteiger partial charge in [-0.25, -0.2) is 0 Å². The molecule has 1 saturated heterocycles. The smallest absolute Gasteiger partial charge is 0.306 e. The van der Waals surface area contributed by atoms with Crippen molar-refractivity contribution in [3.63, 3.8) is 0 Å². The van der Waals surface area contributed by atoms with Crippen LogP contribution in [-0.4, -0.2) is 89.0 Å². The summed E-state index contributed by atoms with van der Waals surface area (Å²) in [6.07, 6.45) is 41.4. The lowest BCUT2D eigenvalue weighted by Gasteiger charge is -2.39. The lowest BCUT2D eigenvalue weighted by molar-refractivity contribution is -0.305. The first-order chi connectivity index (χ1) is 29.8. The van der Waals surface area contributed by atoms with Crippen LogP contribution in [0.15, 0.2) is 36.5 Å². The van der Waals surface area contributed by atoms with E-state index in [1.807, 2.05) is 0 Å². The van der Waals surface area contributed by atoms with Gasteiger partial charge < -0.3 is 39.4 Å². The Labute approximate surface area is 372 Å². The van der Waals surface area contributed by atoms with Crippen molar-refractivity contribution in [3.05, 3.63) is 36.5 Å². The van der Waals surface area contributed by atoms with E-state index in [0.29, 0.717) is 6.42 Å². The summed E-state index contributed by atoms with van der Waals surface area (Å²) in [6.45, 7) is 3.40. The van der Waals surface area contributed by atoms with Gasteiger partial charge >= 0.3 is 11.9 Å². The first kappa shape index (κ1) is 56.9. The Morgan fingerprint density at radius 1 is 0.508 bits per heavy atom. The highest BCUT2D eigenvalue weighted by molar-refractivity contribution is 5.70. The maximum absolute atomic E-state index is 12.8. The molecule has 1 rings (SSSR count). The molecule has 6 atom stereocenters. The molecule has 0 aromatic heterocycles. The van der Waals surface area contributed by atoms with Gasteiger partial charge in [-0.3, -0.25) is 9.59 Å². The van der Waals surface area contributed by atoms with Gasteiger partial charge in [0.1, 0.15) is 31.0 Å². The summed E-state index contributed by atoms with van der Waals surface area (Å²) < 4.78 is 22.2. The minimum absolute atomic E-state index is 0.220. The van der Waals surface area contributed by atoms with Crippen LogP contribution in [0, 0.1) is 0 Å². The van der Waals surface area contributed by atoms with Gasteiger partial charge in [0.05, 0.1) is 13.2 Å². The Kier molecular flexibility index (Phi) is 39.1. The highest BCUT2D eigenvalue weighted by atomic mass is 16.7. The van der Waals surface area contributed by atoms with E-state index in [2.05, 4.69) is 50.3 Å². The summed E-state index contributed by atoms with van der Waals surface area (Å²) in [5, 5.41) is 40.2. The first-order valence-electron chi connectivity index (χ1n) is 25.1. The van der Waals surface area contributed by atoms with Crippen molar-refractivity contribution in [2.45, 2.75) is 256 Å². The standard InChI is InChI=1S/C51H92O10/c1-3-5-7-9-11-13-15-17-19-21-22-24-25-27-29-31-33-35-37-39-46(53)58-42-44(43-59-51-50(57)49(56)48(55)45(41-52)61-51)60-47(54)40-38-36-34-32-30-28-26-23-20-18-16-14-12-10-8-6-4-2/h12,14,17-20,44-45,48-52,55-57H,3-11,13,15-16,21-43H2,1-2H3/b14-12+,19-17+,20-18+/t44-,45-,48+,49?,50?,51-/m0/s1. The third-order valence-electron chi connectivity index (χ3n) is 11.5. The number of esters is 2. The van der Waals surface area contributed by atoms with Crippen molar-refractivity contribution < 1.29 is 49.0 Å². The predicted molar refractivity (Wildman–Crippen MR) is 247 cm³/mol. The quantitative estimate of drug-likeness (QED) is 0.0265. The molecule has 0 aliphatic carbocycles. The van der Waals surface area contributed by atoms with E-state index < -0.39 is 49.4 Å². The summed E-state index contributed by atoms with van der Waals surface area (Å²) in [4.78, 5) is 25.4. The van der Waals surface area contributed by atoms with Crippen LogP contribution in [0.5, 0.6) is 0 Å². The van der Waals surface area contributed by atoms with Crippen molar-refractivity contribution >= 4 is 11.9 Å². The van der Waals surface area contributed by atoms with Gasteiger partial charge in [-0.2, -0.15) is 0 Å². The number of carbonyl (C=O) groups is 2. The molecule has 2 unspecified atom stereocenters. The van der Waals surface area contributed by atoms with E-state index in [0.717, 1.165) is 57.8 Å². The van der Waals surface area contributed by atoms with E-state index in [-0.39, 0.29) is 32.0 Å². The molecule has 10 heteroatoms. The fraction of sp³-hybridized carbons (Fsp3) is 0.843. The normalized spacial score (nSPS) is 20.0. The van der Waals surface area contributed by atoms with Gasteiger partial charge in [-0.15, -0.1) is 0 Å². The number of carbonyl (C=O) groups excluding carboxylic acids is 2. The van der Waals surface area contributed by atoms with Gasteiger partial charge in [0.15, 0.2) is 12.4 Å². The van der Waals surface area contributed by atoms with Crippen LogP contribution in [0.1, 0.15) is 219 Å². The molecule has 0 amide bonds. The van der Waals surface area contributed by atoms with Crippen LogP contribution in [0.2, 0.25) is 0 Å². The number of aliphatic hydroxyl groups is 4. The molecule has 1 aliphatic rings. The first-order valence-corrected chi connectivity index (χ1v) is 25.1. The summed E-state index contributed by atoms with van der Waals surface area (Å²) in [7, 11) is 0. The van der Waals surface area contributed by atoms with E-state index in [1.165, 1.54) is 128 Å². The molecule has 0 aromatic carbocycles. The number of ether oxygens (including phenoxy) is 4. The minimum atomic E-state index is -1.60. The number of unbranched alkanes of at least 4 members (excludes halogenated alkanes) is 25. The van der Waals surface area contributed by atoms with Crippen LogP contribution < -0.4 is 0 Å². The number of hydrogen-bond donors (Lipinski definition) is 4. The molecule has 0 radical (unpaired) electrons. The monoisotopic (exact) mass is 865 g/mol. The molecule has 0 bridgehead atoms. The van der Waals surface area contributed by atoms with Gasteiger partial charge in [0.2, 0.25) is 0 Å². The van der Waals surface area contributed by atoms with Crippen LogP contribution in [0.4, 0.5) is 0 Å². The van der Waals surface area contributed by atoms with Crippen LogP contribution in [0.3, 0.4) is 0 Å². The fourth-order valence-electron chi connectivity index (χ4n) is 7.51. The topological polar surface area (TPSA) is 152 Å². The largest absolute Gasteiger partial charge is 0.462 e. The molecule has 1 heterocycles. The highest BCUT2D eigenvalue weighted by Gasteiger charge is 2.44. The van der Waals surface area contributed by atoms with Crippen molar-refractivity contribution in [2.24, 2.45) is 0 Å². The lowest BCUT2D eigenvalue weighted by atomic mass is 9.99. The van der Waals surface area contributed by atoms with Crippen molar-refractivity contribution in [1.82, 2.24) is 0 Å². The predicted octanol–water partition coefficient (Wildman–Crippen LogP) is 11.4. The van der Waals surface area contributed by atoms with Crippen LogP contribution in [0.25, 0.3) is 0 Å². The van der Waals surface area contributed by atoms with Crippen LogP contribution in [-0.2, 0) is 28.5 Å². The maximum atomic E-state index is 12.8. The number of aliphatic hydroxyl groups excluding tert-OH is 4. The second-order valence-corrected chi connectivity index (χ2v) is 17.3. The highest BCUT2D eigenvalue weighted by Crippen LogP contribution is 2.23. The molecular formula is C51H92O10. The minimum Gasteiger partial charge on any atom is -0.462 e. The van der Waals surface area contributed by atoms with E-state index in [4.69, 9.17) is 18.9 Å². The molecular weight excluding hydrogens is 773 g/mol. The molecule has 4 N–H and O–H groups in total. The van der Waals surface area contributed by atoms with Gasteiger partial charge in [0.25, 0.3) is 0 Å². The average Bonchev–Trinajstić information content (AvgIpc) is 3.26. The van der Waals surface area contributed by atoms with Gasteiger partial charge in [-0.1, -0.05) is 172 Å². The summed E-state index contributed by atoms with van der Waals surface area (Å²) in [5.41, 5.74) is 0. The second-order valence-electron chi connectivity index (χ2n) is 17.3. The van der Waals surface area contributed by atoms with Gasteiger partial charge in [-0.05, 0) is 70.6 Å². The van der Waals surface area contributed by atoms with Crippen LogP contribution >= 0.6 is 0 Å². The van der Waals surface area contributed by atoms with E-state index in [1.54, 1.807) is 0 Å². The maximum Gasteiger partial charge on any atom is 0.306 e. The Morgan fingerprint density at radius 3 is 1.41 bits per heavy atom. The average molecular weight is 865 g/mol. The van der Waals surface area contributed by atoms with Crippen molar-refractivity contribution in [2.75, 3.05) is 19.8 Å². The summed E-state index contributed by atoms with van der Waals surface area (Å²) in [5.74, 6) is -0.812. The molecule has 1 fully saturated rings. The molecule has 356 valence electrons. The Morgan fingerprint density at radius 2 is 0.918 bits per heavy atom. The number of rotatable bonds is 42. The van der Waals surface area contributed by atoms with Crippen molar-refractivity contribution in [1.29, 1.82) is 0 Å². The lowest BCUT2D eigenvalue weighted by Crippen LogP contribution is -2.59. The Hall–Kier alpha value is -2.08. The van der Waals surface area contributed by atoms with E-state index in [9.17, 15) is 30.0 Å². The van der Waals surface area contributed by atoms with Crippen molar-refractivity contribution in [3.8, 4) is 0 Å². The third-order valence-corrected chi connectivity index (χ3v) is 11.5. The molecule has 10 nitrogen and oxygen atoms in total. The molecule has 61 heavy (non-hydrogen) atoms. The summed E-state index contributed by atoms with van der Waals surface area (Å²) in [6, 6.07) is 0. The molecule has 0 spiro atoms. The SMILES string of the molecule is CCCCC/C=C/C/C=C/CCCCCCCCCC(=O)O[C@@H](COC(=O)CCCCCCCCCCC/C=C/CCCCCCCC)CO[C@H]1O[C@@H](CO)[C@@H](O)C(O)C1O. The van der Waals surface area contributed by atoms with E-state index >= 15 is 0 Å².